The number of anilines is 1. The number of H-pyrrole nitrogens is 1. The van der Waals surface area contributed by atoms with Crippen LogP contribution in [0.3, 0.4) is 0 Å². The van der Waals surface area contributed by atoms with Crippen LogP contribution in [0.1, 0.15) is 6.92 Å². The molecule has 0 saturated heterocycles. The summed E-state index contributed by atoms with van der Waals surface area (Å²) in [5.41, 5.74) is 0.347. The Hall–Kier alpha value is -4.14. The zero-order valence-corrected chi connectivity index (χ0v) is 17.8. The highest BCUT2D eigenvalue weighted by atomic mass is 32.2. The lowest BCUT2D eigenvalue weighted by molar-refractivity contribution is 0.102. The number of para-hydroxylation sites is 1. The van der Waals surface area contributed by atoms with Gasteiger partial charge in [-0.05, 0) is 13.0 Å². The topological polar surface area (TPSA) is 184 Å². The highest BCUT2D eigenvalue weighted by Gasteiger charge is 2.29. The Morgan fingerprint density at radius 1 is 1.06 bits per heavy atom. The highest BCUT2D eigenvalue weighted by molar-refractivity contribution is 7.90. The molecule has 0 saturated carbocycles. The quantitative estimate of drug-likeness (QED) is 0.428. The summed E-state index contributed by atoms with van der Waals surface area (Å²) < 4.78 is 47.2. The molecule has 0 aliphatic carbocycles. The number of amides is 2. The van der Waals surface area contributed by atoms with Crippen LogP contribution in [0.15, 0.2) is 29.2 Å². The van der Waals surface area contributed by atoms with E-state index in [9.17, 15) is 18.0 Å². The number of sulfonamides is 1. The first-order chi connectivity index (χ1) is 15.3. The largest absolute Gasteiger partial charge is 0.515 e. The second-order valence-electron chi connectivity index (χ2n) is 5.81. The van der Waals surface area contributed by atoms with Crippen molar-refractivity contribution in [2.24, 2.45) is 0 Å². The molecule has 0 bridgehead atoms. The van der Waals surface area contributed by atoms with Gasteiger partial charge >= 0.3 is 24.2 Å². The van der Waals surface area contributed by atoms with Gasteiger partial charge in [-0.1, -0.05) is 18.2 Å². The molecule has 0 radical (unpaired) electrons. The molecule has 15 heteroatoms. The number of carbonyl (C=O) groups is 2. The van der Waals surface area contributed by atoms with Gasteiger partial charge in [0.05, 0.1) is 20.8 Å². The van der Waals surface area contributed by atoms with Crippen molar-refractivity contribution >= 4 is 39.1 Å². The molecule has 32 heavy (non-hydrogen) atoms. The van der Waals surface area contributed by atoms with Gasteiger partial charge in [0.2, 0.25) is 11.8 Å². The number of nitrogens with one attached hydrogen (secondary N) is 3. The van der Waals surface area contributed by atoms with Crippen LogP contribution in [-0.4, -0.2) is 61.4 Å². The fraction of sp³-hybridized carbons (Fsp3) is 0.235. The molecule has 0 unspecified atom stereocenters. The smallest absolute Gasteiger partial charge is 0.467 e. The fourth-order valence-corrected chi connectivity index (χ4v) is 3.74. The summed E-state index contributed by atoms with van der Waals surface area (Å²) in [5.74, 6) is -0.753. The van der Waals surface area contributed by atoms with Crippen LogP contribution in [0.25, 0.3) is 10.9 Å². The highest BCUT2D eigenvalue weighted by Crippen LogP contribution is 2.32. The minimum Gasteiger partial charge on any atom is -0.467 e. The lowest BCUT2D eigenvalue weighted by Crippen LogP contribution is -2.35. The van der Waals surface area contributed by atoms with Gasteiger partial charge in [0.25, 0.3) is 10.0 Å². The number of urea groups is 1. The third-order valence-corrected chi connectivity index (χ3v) is 5.15. The molecule has 1 aromatic carbocycles. The number of aromatic nitrogens is 4. The van der Waals surface area contributed by atoms with Crippen molar-refractivity contribution in [3.8, 4) is 17.9 Å². The van der Waals surface area contributed by atoms with E-state index in [1.54, 1.807) is 25.1 Å². The molecule has 0 aliphatic rings. The SMILES string of the molecule is CCOC(=O)Oc1[nH]c2ccccc2c1S(=O)(=O)NC(=O)Nc1nc(OC)nc(OC)n1. The lowest BCUT2D eigenvalue weighted by atomic mass is 10.2. The van der Waals surface area contributed by atoms with E-state index < -0.39 is 33.0 Å². The standard InChI is InChI=1S/C17H18N6O8S/c1-4-30-17(25)31-12-11(9-7-5-6-8-10(9)18-12)32(26,27)23-14(24)19-13-20-15(28-2)22-16(21-13)29-3/h5-8,18H,4H2,1-3H3,(H2,19,20,21,22,23,24). The number of fused-ring (bicyclic) bond motifs is 1. The Bertz CT molecular complexity index is 1240. The molecule has 3 rings (SSSR count). The van der Waals surface area contributed by atoms with E-state index in [-0.39, 0.29) is 30.0 Å². The molecular formula is C17H18N6O8S. The molecule has 2 heterocycles. The maximum atomic E-state index is 13.0. The summed E-state index contributed by atoms with van der Waals surface area (Å²) in [7, 11) is -1.98. The fourth-order valence-electron chi connectivity index (χ4n) is 2.54. The van der Waals surface area contributed by atoms with Crippen molar-refractivity contribution in [2.75, 3.05) is 26.1 Å². The molecular weight excluding hydrogens is 448 g/mol. The molecule has 2 aromatic heterocycles. The van der Waals surface area contributed by atoms with Crippen molar-refractivity contribution in [1.29, 1.82) is 0 Å². The van der Waals surface area contributed by atoms with E-state index in [2.05, 4.69) is 25.3 Å². The van der Waals surface area contributed by atoms with Gasteiger partial charge in [-0.25, -0.2) is 22.7 Å². The molecule has 3 N–H and O–H groups in total. The van der Waals surface area contributed by atoms with Crippen molar-refractivity contribution in [1.82, 2.24) is 24.7 Å². The van der Waals surface area contributed by atoms with Crippen LogP contribution in [0, 0.1) is 0 Å². The Kier molecular flexibility index (Phi) is 6.58. The van der Waals surface area contributed by atoms with Crippen LogP contribution in [0.2, 0.25) is 0 Å². The normalized spacial score (nSPS) is 11.0. The second kappa shape index (κ2) is 9.34. The first-order valence-corrected chi connectivity index (χ1v) is 10.4. The van der Waals surface area contributed by atoms with Crippen LogP contribution >= 0.6 is 0 Å². The number of methoxy groups -OCH3 is 2. The molecule has 2 amide bonds. The van der Waals surface area contributed by atoms with E-state index in [1.165, 1.54) is 20.3 Å². The van der Waals surface area contributed by atoms with Crippen molar-refractivity contribution in [3.05, 3.63) is 24.3 Å². The van der Waals surface area contributed by atoms with Gasteiger partial charge in [0.15, 0.2) is 4.90 Å². The van der Waals surface area contributed by atoms with Gasteiger partial charge in [-0.3, -0.25) is 5.32 Å². The van der Waals surface area contributed by atoms with Crippen LogP contribution < -0.4 is 24.2 Å². The average Bonchev–Trinajstić information content (AvgIpc) is 3.11. The number of benzene rings is 1. The molecule has 170 valence electrons. The first kappa shape index (κ1) is 22.5. The minimum absolute atomic E-state index is 0.0145. The van der Waals surface area contributed by atoms with Crippen LogP contribution in [0.5, 0.6) is 17.9 Å². The van der Waals surface area contributed by atoms with E-state index in [0.717, 1.165) is 0 Å². The van der Waals surface area contributed by atoms with Crippen LogP contribution in [0.4, 0.5) is 15.5 Å². The minimum atomic E-state index is -4.55. The second-order valence-corrected chi connectivity index (χ2v) is 7.43. The number of hydrogen-bond acceptors (Lipinski definition) is 11. The maximum absolute atomic E-state index is 13.0. The van der Waals surface area contributed by atoms with Crippen LogP contribution in [-0.2, 0) is 14.8 Å². The van der Waals surface area contributed by atoms with Gasteiger partial charge in [-0.2, -0.15) is 9.97 Å². The van der Waals surface area contributed by atoms with E-state index in [4.69, 9.17) is 18.9 Å². The molecule has 14 nitrogen and oxygen atoms in total. The van der Waals surface area contributed by atoms with E-state index in [1.807, 2.05) is 4.72 Å². The van der Waals surface area contributed by atoms with E-state index >= 15 is 0 Å². The number of rotatable bonds is 7. The molecule has 0 fully saturated rings. The monoisotopic (exact) mass is 466 g/mol. The lowest BCUT2D eigenvalue weighted by Gasteiger charge is -2.10. The molecule has 0 aliphatic heterocycles. The van der Waals surface area contributed by atoms with Gasteiger partial charge in [-0.15, -0.1) is 4.98 Å². The summed E-state index contributed by atoms with van der Waals surface area (Å²) in [4.78, 5) is 37.6. The van der Waals surface area contributed by atoms with E-state index in [0.29, 0.717) is 5.52 Å². The summed E-state index contributed by atoms with van der Waals surface area (Å²) >= 11 is 0. The van der Waals surface area contributed by atoms with Gasteiger partial charge in [0.1, 0.15) is 0 Å². The number of ether oxygens (including phenoxy) is 4. The Morgan fingerprint density at radius 2 is 1.72 bits per heavy atom. The summed E-state index contributed by atoms with van der Waals surface area (Å²) in [6.45, 7) is 1.57. The summed E-state index contributed by atoms with van der Waals surface area (Å²) in [5, 5.41) is 2.32. The Balaban J connectivity index is 1.91. The third kappa shape index (κ3) is 4.94. The number of hydrogen-bond donors (Lipinski definition) is 3. The van der Waals surface area contributed by atoms with Crippen molar-refractivity contribution < 1.29 is 37.0 Å². The Morgan fingerprint density at radius 3 is 2.34 bits per heavy atom. The number of aromatic amines is 1. The number of nitrogens with zero attached hydrogens (tertiary/aromatic N) is 3. The predicted molar refractivity (Wildman–Crippen MR) is 108 cm³/mol. The van der Waals surface area contributed by atoms with Gasteiger partial charge in [0, 0.05) is 10.9 Å². The zero-order valence-electron chi connectivity index (χ0n) is 17.0. The zero-order chi connectivity index (χ0) is 23.3. The Labute approximate surface area is 181 Å². The summed E-state index contributed by atoms with van der Waals surface area (Å²) in [6, 6.07) is 4.72. The maximum Gasteiger partial charge on any atom is 0.515 e. The number of carbonyl (C=O) groups excluding carboxylic acids is 2. The molecule has 0 spiro atoms. The summed E-state index contributed by atoms with van der Waals surface area (Å²) in [6.07, 6.45) is -1.12. The van der Waals surface area contributed by atoms with Gasteiger partial charge < -0.3 is 23.9 Å². The van der Waals surface area contributed by atoms with Crippen molar-refractivity contribution in [2.45, 2.75) is 11.8 Å². The average molecular weight is 466 g/mol. The molecule has 0 atom stereocenters. The first-order valence-electron chi connectivity index (χ1n) is 8.90. The predicted octanol–water partition coefficient (Wildman–Crippen LogP) is 1.42. The van der Waals surface area contributed by atoms with Crippen molar-refractivity contribution in [3.63, 3.8) is 0 Å². The third-order valence-electron chi connectivity index (χ3n) is 3.75. The molecule has 3 aromatic rings.